The second-order valence-electron chi connectivity index (χ2n) is 2.96. The van der Waals surface area contributed by atoms with E-state index < -0.39 is 0 Å². The van der Waals surface area contributed by atoms with E-state index in [-0.39, 0.29) is 11.6 Å². The average molecular weight is 168 g/mol. The molecule has 0 heterocycles. The highest BCUT2D eigenvalue weighted by molar-refractivity contribution is 6.01. The van der Waals surface area contributed by atoms with Crippen LogP contribution < -0.4 is 0 Å². The van der Waals surface area contributed by atoms with Crippen LogP contribution in [0.1, 0.15) is 40.0 Å². The lowest BCUT2D eigenvalue weighted by molar-refractivity contribution is -0.116. The number of hydrogen-bond acceptors (Lipinski definition) is 2. The molecule has 0 N–H and O–H groups in total. The van der Waals surface area contributed by atoms with Crippen molar-refractivity contribution in [2.24, 2.45) is 0 Å². The highest BCUT2D eigenvalue weighted by Gasteiger charge is 2.03. The summed E-state index contributed by atoms with van der Waals surface area (Å²) in [4.78, 5) is 21.8. The molecule has 0 bridgehead atoms. The van der Waals surface area contributed by atoms with Gasteiger partial charge in [-0.15, -0.1) is 0 Å². The van der Waals surface area contributed by atoms with Crippen molar-refractivity contribution in [3.05, 3.63) is 11.6 Å². The maximum atomic E-state index is 11.2. The quantitative estimate of drug-likeness (QED) is 0.590. The molecule has 12 heavy (non-hydrogen) atoms. The molecule has 0 rings (SSSR count). The smallest absolute Gasteiger partial charge is 0.158 e. The van der Waals surface area contributed by atoms with Gasteiger partial charge in [-0.05, 0) is 31.9 Å². The molecule has 0 amide bonds. The predicted molar refractivity (Wildman–Crippen MR) is 49.0 cm³/mol. The van der Waals surface area contributed by atoms with Gasteiger partial charge in [0.05, 0.1) is 0 Å². The number of hydrogen-bond donors (Lipinski definition) is 0. The van der Waals surface area contributed by atoms with E-state index in [1.54, 1.807) is 6.92 Å². The number of ketones is 2. The molecule has 0 atom stereocenters. The molecule has 0 aromatic heterocycles. The van der Waals surface area contributed by atoms with Crippen molar-refractivity contribution in [1.82, 2.24) is 0 Å². The normalized spacial score (nSPS) is 11.4. The van der Waals surface area contributed by atoms with Crippen molar-refractivity contribution in [2.45, 2.75) is 40.0 Å². The Kier molecular flexibility index (Phi) is 5.26. The largest absolute Gasteiger partial charge is 0.295 e. The first-order valence-electron chi connectivity index (χ1n) is 4.30. The van der Waals surface area contributed by atoms with Crippen LogP contribution in [-0.2, 0) is 9.59 Å². The van der Waals surface area contributed by atoms with Crippen LogP contribution in [0.25, 0.3) is 0 Å². The predicted octanol–water partition coefficient (Wildman–Crippen LogP) is 2.28. The lowest BCUT2D eigenvalue weighted by Crippen LogP contribution is -2.00. The fraction of sp³-hybridized carbons (Fsp3) is 0.600. The van der Waals surface area contributed by atoms with Crippen molar-refractivity contribution in [3.63, 3.8) is 0 Å². The van der Waals surface area contributed by atoms with Crippen molar-refractivity contribution in [2.75, 3.05) is 0 Å². The van der Waals surface area contributed by atoms with Crippen LogP contribution in [-0.4, -0.2) is 11.6 Å². The lowest BCUT2D eigenvalue weighted by Gasteiger charge is -1.97. The molecule has 2 heteroatoms. The summed E-state index contributed by atoms with van der Waals surface area (Å²) in [5, 5.41) is 0. The fourth-order valence-electron chi connectivity index (χ4n) is 0.920. The van der Waals surface area contributed by atoms with Gasteiger partial charge in [-0.1, -0.05) is 13.3 Å². The second kappa shape index (κ2) is 5.70. The molecule has 0 aromatic carbocycles. The minimum absolute atomic E-state index is 0.0580. The molecular formula is C10H16O2. The molecule has 0 unspecified atom stereocenters. The van der Waals surface area contributed by atoms with Gasteiger partial charge in [0, 0.05) is 6.42 Å². The third-order valence-corrected chi connectivity index (χ3v) is 1.62. The third kappa shape index (κ3) is 4.83. The molecule has 68 valence electrons. The molecule has 0 saturated carbocycles. The maximum absolute atomic E-state index is 11.2. The lowest BCUT2D eigenvalue weighted by atomic mass is 10.1. The Balaban J connectivity index is 4.01. The maximum Gasteiger partial charge on any atom is 0.158 e. The molecular weight excluding hydrogens is 152 g/mol. The summed E-state index contributed by atoms with van der Waals surface area (Å²) < 4.78 is 0. The summed E-state index contributed by atoms with van der Waals surface area (Å²) in [6.07, 6.45) is 3.88. The number of carbonyl (C=O) groups excluding carboxylic acids is 2. The van der Waals surface area contributed by atoms with Gasteiger partial charge in [0.2, 0.25) is 0 Å². The first-order valence-corrected chi connectivity index (χ1v) is 4.30. The third-order valence-electron chi connectivity index (χ3n) is 1.62. The van der Waals surface area contributed by atoms with Crippen LogP contribution in [0.3, 0.4) is 0 Å². The van der Waals surface area contributed by atoms with Crippen molar-refractivity contribution < 1.29 is 9.59 Å². The number of carbonyl (C=O) groups is 2. The highest BCUT2D eigenvalue weighted by atomic mass is 16.1. The van der Waals surface area contributed by atoms with Gasteiger partial charge >= 0.3 is 0 Å². The van der Waals surface area contributed by atoms with Gasteiger partial charge in [-0.25, -0.2) is 0 Å². The van der Waals surface area contributed by atoms with E-state index in [9.17, 15) is 9.59 Å². The summed E-state index contributed by atoms with van der Waals surface area (Å²) in [6, 6.07) is 0. The van der Waals surface area contributed by atoms with Gasteiger partial charge in [0.1, 0.15) is 0 Å². The van der Waals surface area contributed by atoms with E-state index in [0.29, 0.717) is 12.0 Å². The Morgan fingerprint density at radius 3 is 2.25 bits per heavy atom. The molecule has 0 aliphatic carbocycles. The first kappa shape index (κ1) is 11.1. The van der Waals surface area contributed by atoms with Crippen LogP contribution >= 0.6 is 0 Å². The van der Waals surface area contributed by atoms with Crippen LogP contribution in [0.4, 0.5) is 0 Å². The average Bonchev–Trinajstić information content (AvgIpc) is 1.98. The van der Waals surface area contributed by atoms with Crippen LogP contribution in [0.2, 0.25) is 0 Å². The van der Waals surface area contributed by atoms with Gasteiger partial charge in [0.15, 0.2) is 11.6 Å². The number of unbranched alkanes of at least 4 members (excludes halogenated alkanes) is 1. The van der Waals surface area contributed by atoms with Crippen molar-refractivity contribution >= 4 is 11.6 Å². The Morgan fingerprint density at radius 1 is 1.25 bits per heavy atom. The Hall–Kier alpha value is -0.920. The number of allylic oxidation sites excluding steroid dienone is 2. The van der Waals surface area contributed by atoms with E-state index in [1.807, 2.05) is 6.92 Å². The Labute approximate surface area is 73.7 Å². The van der Waals surface area contributed by atoms with Gasteiger partial charge in [0.25, 0.3) is 0 Å². The minimum atomic E-state index is -0.0580. The topological polar surface area (TPSA) is 34.1 Å². The van der Waals surface area contributed by atoms with Gasteiger partial charge < -0.3 is 0 Å². The molecule has 0 spiro atoms. The number of Topliss-reactive ketones (excluding diaryl/α,β-unsaturated/α-hetero) is 1. The van der Waals surface area contributed by atoms with Crippen molar-refractivity contribution in [1.29, 1.82) is 0 Å². The molecule has 0 aromatic rings. The fourth-order valence-corrected chi connectivity index (χ4v) is 0.920. The first-order chi connectivity index (χ1) is 5.57. The molecule has 0 radical (unpaired) electrons. The summed E-state index contributed by atoms with van der Waals surface area (Å²) >= 11 is 0. The van der Waals surface area contributed by atoms with Crippen LogP contribution in [0, 0.1) is 0 Å². The molecule has 0 saturated heterocycles. The van der Waals surface area contributed by atoms with Gasteiger partial charge in [-0.3, -0.25) is 9.59 Å². The number of rotatable bonds is 5. The Bertz CT molecular complexity index is 202. The zero-order valence-corrected chi connectivity index (χ0v) is 8.02. The van der Waals surface area contributed by atoms with Crippen LogP contribution in [0.5, 0.6) is 0 Å². The van der Waals surface area contributed by atoms with E-state index in [4.69, 9.17) is 0 Å². The second-order valence-corrected chi connectivity index (χ2v) is 2.96. The zero-order valence-electron chi connectivity index (χ0n) is 8.02. The van der Waals surface area contributed by atoms with E-state index in [0.717, 1.165) is 12.8 Å². The summed E-state index contributed by atoms with van der Waals surface area (Å²) in [6.45, 7) is 5.19. The van der Waals surface area contributed by atoms with Crippen molar-refractivity contribution in [3.8, 4) is 0 Å². The standard InChI is InChI=1S/C10H16O2/c1-4-5-6-10(12)8(2)7-9(3)11/h7H,4-6H2,1-3H3. The highest BCUT2D eigenvalue weighted by Crippen LogP contribution is 2.03. The molecule has 0 fully saturated rings. The van der Waals surface area contributed by atoms with Crippen LogP contribution in [0.15, 0.2) is 11.6 Å². The van der Waals surface area contributed by atoms with Gasteiger partial charge in [-0.2, -0.15) is 0 Å². The monoisotopic (exact) mass is 168 g/mol. The summed E-state index contributed by atoms with van der Waals surface area (Å²) in [5.41, 5.74) is 0.580. The minimum Gasteiger partial charge on any atom is -0.295 e. The summed E-state index contributed by atoms with van der Waals surface area (Å²) in [5.74, 6) is 0.0319. The SMILES string of the molecule is CCCCC(=O)C(C)=CC(C)=O. The zero-order chi connectivity index (χ0) is 9.56. The molecule has 0 aliphatic rings. The van der Waals surface area contributed by atoms with E-state index in [1.165, 1.54) is 13.0 Å². The summed E-state index contributed by atoms with van der Waals surface area (Å²) in [7, 11) is 0. The molecule has 2 nitrogen and oxygen atoms in total. The van der Waals surface area contributed by atoms with E-state index >= 15 is 0 Å². The Morgan fingerprint density at radius 2 is 1.83 bits per heavy atom. The van der Waals surface area contributed by atoms with E-state index in [2.05, 4.69) is 0 Å². The molecule has 0 aliphatic heterocycles.